The number of anilines is 1. The summed E-state index contributed by atoms with van der Waals surface area (Å²) >= 11 is 0. The molecule has 1 aliphatic heterocycles. The van der Waals surface area contributed by atoms with E-state index < -0.39 is 5.97 Å². The Balaban J connectivity index is 1.69. The van der Waals surface area contributed by atoms with E-state index in [4.69, 9.17) is 5.11 Å². The summed E-state index contributed by atoms with van der Waals surface area (Å²) in [4.78, 5) is 37.5. The fraction of sp³-hybridized carbons (Fsp3) is 0.353. The molecule has 5 nitrogen and oxygen atoms in total. The zero-order valence-electron chi connectivity index (χ0n) is 12.0. The maximum Gasteiger partial charge on any atom is 0.335 e. The first-order valence-corrected chi connectivity index (χ1v) is 7.38. The molecule has 1 saturated heterocycles. The zero-order chi connectivity index (χ0) is 15.6. The van der Waals surface area contributed by atoms with Crippen LogP contribution in [0.1, 0.15) is 23.7 Å². The minimum absolute atomic E-state index is 0.139. The third-order valence-electron chi connectivity index (χ3n) is 5.25. The second-order valence-electron chi connectivity index (χ2n) is 6.33. The lowest BCUT2D eigenvalue weighted by molar-refractivity contribution is -0.123. The fourth-order valence-electron chi connectivity index (χ4n) is 4.28. The fourth-order valence-corrected chi connectivity index (χ4v) is 4.28. The Morgan fingerprint density at radius 2 is 1.77 bits per heavy atom. The van der Waals surface area contributed by atoms with Gasteiger partial charge in [0.2, 0.25) is 11.8 Å². The van der Waals surface area contributed by atoms with Gasteiger partial charge in [0.25, 0.3) is 0 Å². The molecule has 112 valence electrons. The van der Waals surface area contributed by atoms with E-state index in [-0.39, 0.29) is 41.0 Å². The summed E-state index contributed by atoms with van der Waals surface area (Å²) < 4.78 is 0. The minimum atomic E-state index is -1.03. The van der Waals surface area contributed by atoms with Crippen molar-refractivity contribution in [2.45, 2.75) is 13.3 Å². The molecule has 0 radical (unpaired) electrons. The zero-order valence-corrected chi connectivity index (χ0v) is 12.0. The SMILES string of the molecule is CC1=C[C@H]2C[C@H]1[C@H]1C(=O)N(c3ccc(C(=O)O)cc3)C(=O)[C@@H]12. The molecule has 1 aromatic carbocycles. The molecule has 3 aliphatic rings. The van der Waals surface area contributed by atoms with E-state index in [1.54, 1.807) is 0 Å². The highest BCUT2D eigenvalue weighted by Gasteiger charge is 2.60. The number of imide groups is 1. The van der Waals surface area contributed by atoms with Crippen LogP contribution in [0.2, 0.25) is 0 Å². The largest absolute Gasteiger partial charge is 0.478 e. The Labute approximate surface area is 127 Å². The van der Waals surface area contributed by atoms with Gasteiger partial charge in [0.15, 0.2) is 0 Å². The molecule has 1 aromatic rings. The standard InChI is InChI=1S/C17H15NO4/c1-8-6-10-7-12(8)14-13(10)15(19)18(16(14)20)11-4-2-9(3-5-11)17(21)22/h2-6,10,12-14H,7H2,1H3,(H,21,22)/t10-,12+,13+,14+/m0/s1. The molecule has 2 bridgehead atoms. The van der Waals surface area contributed by atoms with Crippen LogP contribution in [0.5, 0.6) is 0 Å². The molecule has 0 aromatic heterocycles. The Morgan fingerprint density at radius 1 is 1.14 bits per heavy atom. The van der Waals surface area contributed by atoms with E-state index >= 15 is 0 Å². The van der Waals surface area contributed by atoms with Crippen molar-refractivity contribution in [3.05, 3.63) is 41.5 Å². The summed E-state index contributed by atoms with van der Waals surface area (Å²) in [6.07, 6.45) is 3.04. The first-order valence-electron chi connectivity index (χ1n) is 7.38. The molecule has 1 N–H and O–H groups in total. The maximum atomic E-state index is 12.7. The summed E-state index contributed by atoms with van der Waals surface area (Å²) in [6.45, 7) is 2.03. The number of nitrogens with zero attached hydrogens (tertiary/aromatic N) is 1. The van der Waals surface area contributed by atoms with Crippen molar-refractivity contribution < 1.29 is 19.5 Å². The van der Waals surface area contributed by atoms with Crippen molar-refractivity contribution in [2.75, 3.05) is 4.90 Å². The topological polar surface area (TPSA) is 74.7 Å². The maximum absolute atomic E-state index is 12.7. The Hall–Kier alpha value is -2.43. The van der Waals surface area contributed by atoms with Crippen LogP contribution < -0.4 is 4.90 Å². The van der Waals surface area contributed by atoms with Crippen LogP contribution in [0, 0.1) is 23.7 Å². The molecule has 5 heteroatoms. The van der Waals surface area contributed by atoms with E-state index in [9.17, 15) is 14.4 Å². The third kappa shape index (κ3) is 1.56. The molecule has 1 saturated carbocycles. The number of allylic oxidation sites excluding steroid dienone is 2. The molecule has 0 unspecified atom stereocenters. The molecule has 0 spiro atoms. The van der Waals surface area contributed by atoms with Crippen molar-refractivity contribution in [1.82, 2.24) is 0 Å². The number of amides is 2. The van der Waals surface area contributed by atoms with E-state index in [2.05, 4.69) is 6.08 Å². The number of hydrogen-bond acceptors (Lipinski definition) is 3. The van der Waals surface area contributed by atoms with Crippen molar-refractivity contribution in [1.29, 1.82) is 0 Å². The van der Waals surface area contributed by atoms with Gasteiger partial charge in [-0.1, -0.05) is 11.6 Å². The number of rotatable bonds is 2. The average molecular weight is 297 g/mol. The van der Waals surface area contributed by atoms with Crippen LogP contribution in [-0.2, 0) is 9.59 Å². The smallest absolute Gasteiger partial charge is 0.335 e. The van der Waals surface area contributed by atoms with Gasteiger partial charge < -0.3 is 5.11 Å². The van der Waals surface area contributed by atoms with Gasteiger partial charge in [0.05, 0.1) is 23.1 Å². The number of benzene rings is 1. The molecular formula is C17H15NO4. The van der Waals surface area contributed by atoms with E-state index in [1.165, 1.54) is 34.7 Å². The number of carbonyl (C=O) groups excluding carboxylic acids is 2. The summed E-state index contributed by atoms with van der Waals surface area (Å²) in [5, 5.41) is 8.93. The first kappa shape index (κ1) is 13.2. The van der Waals surface area contributed by atoms with Gasteiger partial charge in [0, 0.05) is 0 Å². The van der Waals surface area contributed by atoms with Crippen LogP contribution in [0.25, 0.3) is 0 Å². The highest BCUT2D eigenvalue weighted by molar-refractivity contribution is 6.22. The van der Waals surface area contributed by atoms with Crippen LogP contribution in [0.15, 0.2) is 35.9 Å². The second-order valence-corrected chi connectivity index (χ2v) is 6.33. The van der Waals surface area contributed by atoms with Crippen LogP contribution in [0.4, 0.5) is 5.69 Å². The van der Waals surface area contributed by atoms with Gasteiger partial charge in [0.1, 0.15) is 0 Å². The van der Waals surface area contributed by atoms with Gasteiger partial charge in [-0.2, -0.15) is 0 Å². The van der Waals surface area contributed by atoms with Gasteiger partial charge in [-0.25, -0.2) is 4.79 Å². The van der Waals surface area contributed by atoms with E-state index in [0.29, 0.717) is 5.69 Å². The number of carboxylic acid groups (broad SMARTS) is 1. The lowest BCUT2D eigenvalue weighted by Gasteiger charge is -2.19. The molecule has 4 rings (SSSR count). The number of aromatic carboxylic acids is 1. The summed E-state index contributed by atoms with van der Waals surface area (Å²) in [6, 6.07) is 5.90. The molecule has 2 aliphatic carbocycles. The average Bonchev–Trinajstić information content (AvgIpc) is 3.11. The monoisotopic (exact) mass is 297 g/mol. The van der Waals surface area contributed by atoms with E-state index in [0.717, 1.165) is 6.42 Å². The number of carbonyl (C=O) groups is 3. The highest BCUT2D eigenvalue weighted by Crippen LogP contribution is 2.55. The Bertz CT molecular complexity index is 734. The van der Waals surface area contributed by atoms with Gasteiger partial charge in [-0.3, -0.25) is 14.5 Å². The molecular weight excluding hydrogens is 282 g/mol. The summed E-state index contributed by atoms with van der Waals surface area (Å²) in [5.74, 6) is -1.42. The van der Waals surface area contributed by atoms with Crippen molar-refractivity contribution >= 4 is 23.5 Å². The molecule has 2 amide bonds. The van der Waals surface area contributed by atoms with Crippen LogP contribution in [0.3, 0.4) is 0 Å². The lowest BCUT2D eigenvalue weighted by atomic mass is 9.82. The van der Waals surface area contributed by atoms with Crippen LogP contribution in [-0.4, -0.2) is 22.9 Å². The van der Waals surface area contributed by atoms with Gasteiger partial charge >= 0.3 is 5.97 Å². The predicted octanol–water partition coefficient (Wildman–Crippen LogP) is 2.09. The molecule has 22 heavy (non-hydrogen) atoms. The second kappa shape index (κ2) is 4.29. The normalized spacial score (nSPS) is 32.4. The van der Waals surface area contributed by atoms with Gasteiger partial charge in [-0.05, 0) is 49.4 Å². The van der Waals surface area contributed by atoms with Gasteiger partial charge in [-0.15, -0.1) is 0 Å². The Kier molecular flexibility index (Phi) is 2.58. The van der Waals surface area contributed by atoms with Crippen molar-refractivity contribution in [3.8, 4) is 0 Å². The summed E-state index contributed by atoms with van der Waals surface area (Å²) in [7, 11) is 0. The predicted molar refractivity (Wildman–Crippen MR) is 78.2 cm³/mol. The summed E-state index contributed by atoms with van der Waals surface area (Å²) in [5.41, 5.74) is 1.82. The highest BCUT2D eigenvalue weighted by atomic mass is 16.4. The number of hydrogen-bond donors (Lipinski definition) is 1. The molecule has 4 atom stereocenters. The molecule has 2 fully saturated rings. The van der Waals surface area contributed by atoms with Crippen LogP contribution >= 0.6 is 0 Å². The van der Waals surface area contributed by atoms with E-state index in [1.807, 2.05) is 6.92 Å². The van der Waals surface area contributed by atoms with Crippen molar-refractivity contribution in [3.63, 3.8) is 0 Å². The number of carboxylic acids is 1. The lowest BCUT2D eigenvalue weighted by Crippen LogP contribution is -2.32. The third-order valence-corrected chi connectivity index (χ3v) is 5.25. The Morgan fingerprint density at radius 3 is 2.41 bits per heavy atom. The first-order chi connectivity index (χ1) is 10.5. The number of fused-ring (bicyclic) bond motifs is 5. The quantitative estimate of drug-likeness (QED) is 0.670. The minimum Gasteiger partial charge on any atom is -0.478 e. The van der Waals surface area contributed by atoms with Crippen molar-refractivity contribution in [2.24, 2.45) is 23.7 Å². The molecule has 1 heterocycles.